The predicted molar refractivity (Wildman–Crippen MR) is 96.3 cm³/mol. The third kappa shape index (κ3) is 3.35. The van der Waals surface area contributed by atoms with E-state index in [1.807, 2.05) is 37.3 Å². The topological polar surface area (TPSA) is 20.3 Å². The molecule has 2 nitrogen and oxygen atoms in total. The predicted octanol–water partition coefficient (Wildman–Crippen LogP) is 4.79. The van der Waals surface area contributed by atoms with Crippen molar-refractivity contribution < 1.29 is 9.18 Å². The zero-order valence-electron chi connectivity index (χ0n) is 12.4. The van der Waals surface area contributed by atoms with Gasteiger partial charge in [0.1, 0.15) is 10.1 Å². The number of thioether (sulfide) groups is 1. The molecule has 1 atom stereocenters. The van der Waals surface area contributed by atoms with Crippen LogP contribution in [0.25, 0.3) is 6.08 Å². The second-order valence-electron chi connectivity index (χ2n) is 5.19. The second kappa shape index (κ2) is 6.64. The largest absolute Gasteiger partial charge is 0.286 e. The zero-order valence-corrected chi connectivity index (χ0v) is 14.0. The maximum Gasteiger partial charge on any atom is 0.266 e. The van der Waals surface area contributed by atoms with Crippen molar-refractivity contribution >= 4 is 40.3 Å². The van der Waals surface area contributed by atoms with E-state index in [9.17, 15) is 9.18 Å². The number of thiocarbonyl (C=S) groups is 1. The van der Waals surface area contributed by atoms with Gasteiger partial charge in [-0.25, -0.2) is 4.39 Å². The van der Waals surface area contributed by atoms with E-state index < -0.39 is 0 Å². The van der Waals surface area contributed by atoms with Crippen molar-refractivity contribution in [1.82, 2.24) is 4.90 Å². The molecule has 0 radical (unpaired) electrons. The number of carbonyl (C=O) groups excluding carboxylic acids is 1. The molecule has 0 aromatic heterocycles. The van der Waals surface area contributed by atoms with Crippen LogP contribution in [0.15, 0.2) is 59.5 Å². The van der Waals surface area contributed by atoms with E-state index in [2.05, 4.69) is 0 Å². The summed E-state index contributed by atoms with van der Waals surface area (Å²) in [7, 11) is 0. The molecule has 0 spiro atoms. The van der Waals surface area contributed by atoms with Gasteiger partial charge in [0.05, 0.1) is 10.9 Å². The van der Waals surface area contributed by atoms with Crippen molar-refractivity contribution in [2.75, 3.05) is 0 Å². The van der Waals surface area contributed by atoms with Crippen LogP contribution in [0.5, 0.6) is 0 Å². The van der Waals surface area contributed by atoms with Crippen LogP contribution in [-0.2, 0) is 4.79 Å². The molecule has 0 saturated carbocycles. The Morgan fingerprint density at radius 2 is 1.78 bits per heavy atom. The van der Waals surface area contributed by atoms with E-state index >= 15 is 0 Å². The Morgan fingerprint density at radius 1 is 1.13 bits per heavy atom. The van der Waals surface area contributed by atoms with Gasteiger partial charge in [0, 0.05) is 0 Å². The van der Waals surface area contributed by atoms with Gasteiger partial charge in [-0.15, -0.1) is 0 Å². The van der Waals surface area contributed by atoms with Crippen molar-refractivity contribution in [3.05, 3.63) is 76.4 Å². The Bertz CT molecular complexity index is 771. The normalized spacial score (nSPS) is 17.8. The van der Waals surface area contributed by atoms with Gasteiger partial charge in [0.25, 0.3) is 5.91 Å². The molecule has 1 aliphatic rings. The first-order valence-corrected chi connectivity index (χ1v) is 8.36. The third-order valence-electron chi connectivity index (χ3n) is 3.66. The van der Waals surface area contributed by atoms with E-state index in [4.69, 9.17) is 12.2 Å². The Morgan fingerprint density at radius 3 is 2.43 bits per heavy atom. The average molecular weight is 343 g/mol. The number of carbonyl (C=O) groups is 1. The van der Waals surface area contributed by atoms with Crippen LogP contribution < -0.4 is 0 Å². The zero-order chi connectivity index (χ0) is 16.4. The smallest absolute Gasteiger partial charge is 0.266 e. The molecule has 1 amide bonds. The summed E-state index contributed by atoms with van der Waals surface area (Å²) in [6, 6.07) is 15.7. The van der Waals surface area contributed by atoms with Crippen LogP contribution in [0.4, 0.5) is 4.39 Å². The summed E-state index contributed by atoms with van der Waals surface area (Å²) in [6.07, 6.45) is 1.75. The lowest BCUT2D eigenvalue weighted by Gasteiger charge is -2.23. The first kappa shape index (κ1) is 15.9. The van der Waals surface area contributed by atoms with E-state index in [0.29, 0.717) is 9.23 Å². The fourth-order valence-corrected chi connectivity index (χ4v) is 3.82. The molecule has 0 aliphatic carbocycles. The summed E-state index contributed by atoms with van der Waals surface area (Å²) in [5.74, 6) is -0.409. The molecule has 116 valence electrons. The molecule has 0 N–H and O–H groups in total. The van der Waals surface area contributed by atoms with Crippen molar-refractivity contribution in [2.45, 2.75) is 13.0 Å². The molecular weight excluding hydrogens is 329 g/mol. The highest BCUT2D eigenvalue weighted by Gasteiger charge is 2.35. The molecule has 0 unspecified atom stereocenters. The van der Waals surface area contributed by atoms with Crippen LogP contribution in [-0.4, -0.2) is 15.1 Å². The van der Waals surface area contributed by atoms with Crippen LogP contribution in [0, 0.1) is 5.82 Å². The summed E-state index contributed by atoms with van der Waals surface area (Å²) in [5.41, 5.74) is 1.81. The summed E-state index contributed by atoms with van der Waals surface area (Å²) in [6.45, 7) is 1.96. The monoisotopic (exact) mass is 343 g/mol. The number of hydrogen-bond donors (Lipinski definition) is 0. The van der Waals surface area contributed by atoms with Gasteiger partial charge < -0.3 is 0 Å². The van der Waals surface area contributed by atoms with Crippen LogP contribution in [0.3, 0.4) is 0 Å². The lowest BCUT2D eigenvalue weighted by molar-refractivity contribution is -0.123. The van der Waals surface area contributed by atoms with E-state index in [-0.39, 0.29) is 17.8 Å². The fraction of sp³-hybridized carbons (Fsp3) is 0.111. The first-order valence-electron chi connectivity index (χ1n) is 7.14. The SMILES string of the molecule is C[C@@H](c1ccccc1)N1C(=O)/C(=C/c2ccc(F)cc2)SC1=S. The van der Waals surface area contributed by atoms with Gasteiger partial charge in [0.15, 0.2) is 0 Å². The Kier molecular flexibility index (Phi) is 4.59. The number of halogens is 1. The second-order valence-corrected chi connectivity index (χ2v) is 6.87. The lowest BCUT2D eigenvalue weighted by atomic mass is 10.1. The van der Waals surface area contributed by atoms with E-state index in [1.165, 1.54) is 23.9 Å². The summed E-state index contributed by atoms with van der Waals surface area (Å²) in [5, 5.41) is 0. The van der Waals surface area contributed by atoms with Crippen molar-refractivity contribution in [3.63, 3.8) is 0 Å². The molecule has 1 aliphatic heterocycles. The maximum absolute atomic E-state index is 13.0. The van der Waals surface area contributed by atoms with Crippen LogP contribution in [0.1, 0.15) is 24.1 Å². The molecule has 23 heavy (non-hydrogen) atoms. The van der Waals surface area contributed by atoms with Gasteiger partial charge in [-0.1, -0.05) is 66.4 Å². The Labute approximate surface area is 144 Å². The molecule has 2 aromatic rings. The van der Waals surface area contributed by atoms with E-state index in [0.717, 1.165) is 11.1 Å². The van der Waals surface area contributed by atoms with E-state index in [1.54, 1.807) is 23.1 Å². The minimum Gasteiger partial charge on any atom is -0.286 e. The van der Waals surface area contributed by atoms with Crippen molar-refractivity contribution in [3.8, 4) is 0 Å². The third-order valence-corrected chi connectivity index (χ3v) is 4.99. The minimum atomic E-state index is -0.299. The number of amides is 1. The number of nitrogens with zero attached hydrogens (tertiary/aromatic N) is 1. The molecule has 5 heteroatoms. The van der Waals surface area contributed by atoms with Gasteiger partial charge in [-0.3, -0.25) is 9.69 Å². The highest BCUT2D eigenvalue weighted by molar-refractivity contribution is 8.26. The summed E-state index contributed by atoms with van der Waals surface area (Å²) in [4.78, 5) is 14.9. The van der Waals surface area contributed by atoms with Crippen LogP contribution in [0.2, 0.25) is 0 Å². The summed E-state index contributed by atoms with van der Waals surface area (Å²) >= 11 is 6.65. The fourth-order valence-electron chi connectivity index (χ4n) is 2.40. The van der Waals surface area contributed by atoms with Crippen molar-refractivity contribution in [1.29, 1.82) is 0 Å². The lowest BCUT2D eigenvalue weighted by Crippen LogP contribution is -2.30. The highest BCUT2D eigenvalue weighted by atomic mass is 32.2. The van der Waals surface area contributed by atoms with Crippen LogP contribution >= 0.6 is 24.0 Å². The molecule has 1 heterocycles. The van der Waals surface area contributed by atoms with Gasteiger partial charge in [-0.2, -0.15) is 0 Å². The molecule has 1 fully saturated rings. The number of rotatable bonds is 3. The molecule has 2 aromatic carbocycles. The molecular formula is C18H14FNOS2. The number of hydrogen-bond acceptors (Lipinski definition) is 3. The maximum atomic E-state index is 13.0. The molecule has 1 saturated heterocycles. The van der Waals surface area contributed by atoms with Gasteiger partial charge in [-0.05, 0) is 36.3 Å². The summed E-state index contributed by atoms with van der Waals surface area (Å²) < 4.78 is 13.5. The molecule has 3 rings (SSSR count). The Hall–Kier alpha value is -1.98. The average Bonchev–Trinajstić information content (AvgIpc) is 2.84. The number of benzene rings is 2. The van der Waals surface area contributed by atoms with Gasteiger partial charge in [0.2, 0.25) is 0 Å². The Balaban J connectivity index is 1.86. The quantitative estimate of drug-likeness (QED) is 0.590. The standard InChI is InChI=1S/C18H14FNOS2/c1-12(14-5-3-2-4-6-14)20-17(21)16(23-18(20)22)11-13-7-9-15(19)10-8-13/h2-12H,1H3/b16-11-/t12-/m0/s1. The minimum absolute atomic E-state index is 0.110. The first-order chi connectivity index (χ1) is 11.1. The van der Waals surface area contributed by atoms with Crippen molar-refractivity contribution in [2.24, 2.45) is 0 Å². The molecule has 0 bridgehead atoms. The van der Waals surface area contributed by atoms with Gasteiger partial charge >= 0.3 is 0 Å². The highest BCUT2D eigenvalue weighted by Crippen LogP contribution is 2.37.